The van der Waals surface area contributed by atoms with Gasteiger partial charge in [-0.1, -0.05) is 18.2 Å². The van der Waals surface area contributed by atoms with Crippen molar-refractivity contribution in [2.75, 3.05) is 18.6 Å². The first-order valence-corrected chi connectivity index (χ1v) is 6.92. The molecule has 0 saturated carbocycles. The van der Waals surface area contributed by atoms with Crippen molar-refractivity contribution in [3.8, 4) is 0 Å². The zero-order valence-corrected chi connectivity index (χ0v) is 12.0. The Hall–Kier alpha value is -2.21. The van der Waals surface area contributed by atoms with Crippen LogP contribution in [0.25, 0.3) is 10.9 Å². The highest BCUT2D eigenvalue weighted by molar-refractivity contribution is 6.02. The van der Waals surface area contributed by atoms with Crippen LogP contribution in [0.2, 0.25) is 0 Å². The molecule has 1 aromatic heterocycles. The first kappa shape index (κ1) is 13.8. The predicted octanol–water partition coefficient (Wildman–Crippen LogP) is 1.94. The van der Waals surface area contributed by atoms with Crippen molar-refractivity contribution >= 4 is 22.6 Å². The van der Waals surface area contributed by atoms with E-state index in [1.807, 2.05) is 43.1 Å². The van der Waals surface area contributed by atoms with E-state index in [0.717, 1.165) is 11.8 Å². The van der Waals surface area contributed by atoms with Crippen molar-refractivity contribution in [1.82, 2.24) is 10.2 Å². The molecule has 0 bridgehead atoms. The highest BCUT2D eigenvalue weighted by Gasteiger charge is 2.31. The van der Waals surface area contributed by atoms with E-state index in [1.165, 1.54) is 0 Å². The fraction of sp³-hybridized carbons (Fsp3) is 0.400. The molecule has 2 aromatic rings. The number of hydrogen-bond acceptors (Lipinski definition) is 5. The number of nitrogens with zero attached hydrogens (tertiary/aromatic N) is 3. The lowest BCUT2D eigenvalue weighted by atomic mass is 10.1. The normalized spacial score (nSPS) is 21.6. The average molecular weight is 287 g/mol. The highest BCUT2D eigenvalue weighted by Crippen LogP contribution is 2.32. The van der Waals surface area contributed by atoms with Gasteiger partial charge in [0.25, 0.3) is 0 Å². The van der Waals surface area contributed by atoms with Gasteiger partial charge in [0.1, 0.15) is 0 Å². The summed E-state index contributed by atoms with van der Waals surface area (Å²) in [5.74, 6) is -1.07. The van der Waals surface area contributed by atoms with Crippen LogP contribution < -0.4 is 4.90 Å². The van der Waals surface area contributed by atoms with E-state index in [1.54, 1.807) is 0 Å². The Morgan fingerprint density at radius 2 is 2.14 bits per heavy atom. The molecule has 0 radical (unpaired) electrons. The lowest BCUT2D eigenvalue weighted by Gasteiger charge is -2.30. The maximum absolute atomic E-state index is 11.5. The van der Waals surface area contributed by atoms with Crippen LogP contribution in [0.5, 0.6) is 0 Å². The van der Waals surface area contributed by atoms with E-state index in [9.17, 15) is 9.90 Å². The van der Waals surface area contributed by atoms with Crippen LogP contribution in [0.3, 0.4) is 0 Å². The van der Waals surface area contributed by atoms with Gasteiger partial charge in [0.05, 0.1) is 23.3 Å². The fourth-order valence-electron chi connectivity index (χ4n) is 2.94. The van der Waals surface area contributed by atoms with E-state index in [2.05, 4.69) is 10.2 Å². The second-order valence-electron chi connectivity index (χ2n) is 5.26. The number of hydrogen-bond donors (Lipinski definition) is 1. The Kier molecular flexibility index (Phi) is 3.47. The molecule has 110 valence electrons. The first-order valence-electron chi connectivity index (χ1n) is 6.92. The highest BCUT2D eigenvalue weighted by atomic mass is 16.5. The molecule has 2 atom stereocenters. The largest absolute Gasteiger partial charge is 0.476 e. The number of likely N-dealkylation sites (N-methyl/N-ethyl adjacent to an activating group) is 1. The molecule has 0 amide bonds. The molecule has 1 aromatic carbocycles. The first-order chi connectivity index (χ1) is 10.1. The minimum atomic E-state index is -1.07. The molecule has 1 aliphatic heterocycles. The van der Waals surface area contributed by atoms with Gasteiger partial charge in [0.15, 0.2) is 5.69 Å². The van der Waals surface area contributed by atoms with Crippen molar-refractivity contribution in [3.63, 3.8) is 0 Å². The number of benzene rings is 1. The maximum Gasteiger partial charge on any atom is 0.358 e. The summed E-state index contributed by atoms with van der Waals surface area (Å²) >= 11 is 0. The van der Waals surface area contributed by atoms with Crippen LogP contribution in [-0.4, -0.2) is 47.1 Å². The molecule has 21 heavy (non-hydrogen) atoms. The smallest absolute Gasteiger partial charge is 0.358 e. The van der Waals surface area contributed by atoms with Crippen molar-refractivity contribution in [1.29, 1.82) is 0 Å². The number of ether oxygens (including phenoxy) is 1. The Morgan fingerprint density at radius 1 is 1.38 bits per heavy atom. The topological polar surface area (TPSA) is 75.5 Å². The molecule has 2 heterocycles. The molecular formula is C15H17N3O3. The number of aromatic nitrogens is 2. The summed E-state index contributed by atoms with van der Waals surface area (Å²) in [6.45, 7) is 2.69. The van der Waals surface area contributed by atoms with Gasteiger partial charge in [0.2, 0.25) is 0 Å². The minimum Gasteiger partial charge on any atom is -0.476 e. The van der Waals surface area contributed by atoms with Crippen LogP contribution in [-0.2, 0) is 4.74 Å². The number of carboxylic acid groups (broad SMARTS) is 1. The third kappa shape index (κ3) is 2.31. The number of aromatic carboxylic acids is 1. The van der Waals surface area contributed by atoms with Gasteiger partial charge in [-0.3, -0.25) is 0 Å². The molecule has 1 fully saturated rings. The van der Waals surface area contributed by atoms with Crippen molar-refractivity contribution in [3.05, 3.63) is 30.0 Å². The molecule has 0 spiro atoms. The third-order valence-corrected chi connectivity index (χ3v) is 4.03. The number of rotatable bonds is 3. The maximum atomic E-state index is 11.5. The van der Waals surface area contributed by atoms with Crippen LogP contribution in [0.15, 0.2) is 24.3 Å². The van der Waals surface area contributed by atoms with Gasteiger partial charge in [-0.25, -0.2) is 4.79 Å². The zero-order valence-electron chi connectivity index (χ0n) is 12.0. The molecule has 1 N–H and O–H groups in total. The SMILES string of the molecule is CC1OCCC1N(C)c1c(C(=O)O)nnc2ccccc12. The molecule has 1 saturated heterocycles. The van der Waals surface area contributed by atoms with Crippen LogP contribution in [0.1, 0.15) is 23.8 Å². The summed E-state index contributed by atoms with van der Waals surface area (Å²) in [6.07, 6.45) is 0.927. The molecule has 6 heteroatoms. The second-order valence-corrected chi connectivity index (χ2v) is 5.26. The Labute approximate surface area is 122 Å². The zero-order chi connectivity index (χ0) is 15.0. The predicted molar refractivity (Wildman–Crippen MR) is 78.7 cm³/mol. The van der Waals surface area contributed by atoms with Gasteiger partial charge in [0, 0.05) is 19.0 Å². The Bertz CT molecular complexity index is 689. The fourth-order valence-corrected chi connectivity index (χ4v) is 2.94. The summed E-state index contributed by atoms with van der Waals surface area (Å²) in [6, 6.07) is 7.59. The van der Waals surface area contributed by atoms with E-state index in [4.69, 9.17) is 4.74 Å². The summed E-state index contributed by atoms with van der Waals surface area (Å²) in [7, 11) is 1.89. The summed E-state index contributed by atoms with van der Waals surface area (Å²) in [5, 5.41) is 18.1. The molecule has 2 unspecified atom stereocenters. The second kappa shape index (κ2) is 5.29. The van der Waals surface area contributed by atoms with Gasteiger partial charge in [-0.05, 0) is 19.4 Å². The van der Waals surface area contributed by atoms with E-state index in [0.29, 0.717) is 17.8 Å². The van der Waals surface area contributed by atoms with Gasteiger partial charge in [-0.2, -0.15) is 0 Å². The van der Waals surface area contributed by atoms with Crippen molar-refractivity contribution in [2.45, 2.75) is 25.5 Å². The molecule has 6 nitrogen and oxygen atoms in total. The Balaban J connectivity index is 2.18. The van der Waals surface area contributed by atoms with Crippen LogP contribution in [0, 0.1) is 0 Å². The number of carboxylic acids is 1. The van der Waals surface area contributed by atoms with Crippen LogP contribution in [0.4, 0.5) is 5.69 Å². The lowest BCUT2D eigenvalue weighted by Crippen LogP contribution is -2.38. The molecule has 1 aliphatic rings. The van der Waals surface area contributed by atoms with E-state index >= 15 is 0 Å². The summed E-state index contributed by atoms with van der Waals surface area (Å²) in [4.78, 5) is 13.5. The summed E-state index contributed by atoms with van der Waals surface area (Å²) in [5.41, 5.74) is 1.28. The van der Waals surface area contributed by atoms with Crippen molar-refractivity contribution in [2.24, 2.45) is 0 Å². The molecular weight excluding hydrogens is 270 g/mol. The minimum absolute atomic E-state index is 0.0182. The van der Waals surface area contributed by atoms with Crippen molar-refractivity contribution < 1.29 is 14.6 Å². The number of anilines is 1. The van der Waals surface area contributed by atoms with E-state index in [-0.39, 0.29) is 17.8 Å². The standard InChI is InChI=1S/C15H17N3O3/c1-9-12(7-8-21-9)18(2)14-10-5-3-4-6-11(10)16-17-13(14)15(19)20/h3-6,9,12H,7-8H2,1-2H3,(H,19,20). The van der Waals surface area contributed by atoms with Gasteiger partial charge >= 0.3 is 5.97 Å². The summed E-state index contributed by atoms with van der Waals surface area (Å²) < 4.78 is 5.60. The van der Waals surface area contributed by atoms with E-state index < -0.39 is 5.97 Å². The monoisotopic (exact) mass is 287 g/mol. The average Bonchev–Trinajstić information content (AvgIpc) is 2.91. The Morgan fingerprint density at radius 3 is 2.81 bits per heavy atom. The molecule has 0 aliphatic carbocycles. The number of carbonyl (C=O) groups is 1. The lowest BCUT2D eigenvalue weighted by molar-refractivity contribution is 0.0689. The van der Waals surface area contributed by atoms with Crippen LogP contribution >= 0.6 is 0 Å². The third-order valence-electron chi connectivity index (χ3n) is 4.03. The number of fused-ring (bicyclic) bond motifs is 1. The van der Waals surface area contributed by atoms with Gasteiger partial charge < -0.3 is 14.7 Å². The van der Waals surface area contributed by atoms with Gasteiger partial charge in [-0.15, -0.1) is 10.2 Å². The molecule has 3 rings (SSSR count). The quantitative estimate of drug-likeness (QED) is 0.929.